The van der Waals surface area contributed by atoms with E-state index in [0.717, 1.165) is 57.8 Å². The molecule has 13 heteroatoms. The summed E-state index contributed by atoms with van der Waals surface area (Å²) in [7, 11) is 0. The SMILES string of the molecule is CCCCCCCC(CC(=O)O)OC(=O)C[C@@H](CCCCCCC)O[C@]1(O[C@@H]2OC(C)[C@H](O)C(O)C2O)COC(C)[C@H](O)C1O. The molecule has 45 heavy (non-hydrogen) atoms. The van der Waals surface area contributed by atoms with Gasteiger partial charge in [-0.1, -0.05) is 71.6 Å². The van der Waals surface area contributed by atoms with Crippen molar-refractivity contribution in [2.45, 2.75) is 185 Å². The summed E-state index contributed by atoms with van der Waals surface area (Å²) < 4.78 is 29.2. The fourth-order valence-electron chi connectivity index (χ4n) is 5.74. The fourth-order valence-corrected chi connectivity index (χ4v) is 5.74. The van der Waals surface area contributed by atoms with Crippen molar-refractivity contribution in [2.75, 3.05) is 6.61 Å². The first-order chi connectivity index (χ1) is 21.3. The normalized spacial score (nSPS) is 33.4. The third-order valence-electron chi connectivity index (χ3n) is 8.65. The van der Waals surface area contributed by atoms with E-state index in [4.69, 9.17) is 23.7 Å². The molecule has 264 valence electrons. The molecule has 2 rings (SSSR count). The smallest absolute Gasteiger partial charge is 0.308 e. The third kappa shape index (κ3) is 12.6. The van der Waals surface area contributed by atoms with Gasteiger partial charge in [-0.3, -0.25) is 9.59 Å². The quantitative estimate of drug-likeness (QED) is 0.0602. The van der Waals surface area contributed by atoms with Gasteiger partial charge in [-0.25, -0.2) is 0 Å². The minimum absolute atomic E-state index is 0.297. The molecule has 6 unspecified atom stereocenters. The van der Waals surface area contributed by atoms with Gasteiger partial charge in [0, 0.05) is 0 Å². The van der Waals surface area contributed by atoms with E-state index < -0.39 is 85.6 Å². The van der Waals surface area contributed by atoms with Crippen LogP contribution in [-0.4, -0.2) is 116 Å². The Labute approximate surface area is 267 Å². The van der Waals surface area contributed by atoms with Gasteiger partial charge in [-0.05, 0) is 33.1 Å². The monoisotopic (exact) mass is 650 g/mol. The lowest BCUT2D eigenvalue weighted by atomic mass is 9.95. The highest BCUT2D eigenvalue weighted by molar-refractivity contribution is 5.72. The summed E-state index contributed by atoms with van der Waals surface area (Å²) in [5.41, 5.74) is 0. The predicted octanol–water partition coefficient (Wildman–Crippen LogP) is 2.55. The van der Waals surface area contributed by atoms with Crippen LogP contribution in [0.4, 0.5) is 0 Å². The van der Waals surface area contributed by atoms with Crippen LogP contribution in [0.15, 0.2) is 0 Å². The molecule has 2 aliphatic heterocycles. The minimum atomic E-state index is -2.13. The van der Waals surface area contributed by atoms with Gasteiger partial charge in [0.05, 0.1) is 31.2 Å². The van der Waals surface area contributed by atoms with Crippen LogP contribution in [0, 0.1) is 0 Å². The van der Waals surface area contributed by atoms with E-state index in [9.17, 15) is 40.2 Å². The van der Waals surface area contributed by atoms with Crippen molar-refractivity contribution < 1.29 is 63.9 Å². The second-order valence-electron chi connectivity index (χ2n) is 12.6. The van der Waals surface area contributed by atoms with Gasteiger partial charge >= 0.3 is 11.9 Å². The van der Waals surface area contributed by atoms with E-state index >= 15 is 0 Å². The summed E-state index contributed by atoms with van der Waals surface area (Å²) in [5, 5.41) is 62.6. The van der Waals surface area contributed by atoms with Crippen LogP contribution < -0.4 is 0 Å². The number of carboxylic acid groups (broad SMARTS) is 1. The number of hydrogen-bond acceptors (Lipinski definition) is 12. The molecule has 0 aromatic heterocycles. The maximum Gasteiger partial charge on any atom is 0.308 e. The zero-order valence-corrected chi connectivity index (χ0v) is 27.4. The van der Waals surface area contributed by atoms with Crippen molar-refractivity contribution >= 4 is 11.9 Å². The second kappa shape index (κ2) is 20.1. The van der Waals surface area contributed by atoms with Gasteiger partial charge in [0.15, 0.2) is 6.29 Å². The van der Waals surface area contributed by atoms with Crippen LogP contribution in [0.1, 0.15) is 118 Å². The summed E-state index contributed by atoms with van der Waals surface area (Å²) in [6, 6.07) is 0. The van der Waals surface area contributed by atoms with Crippen LogP contribution in [0.5, 0.6) is 0 Å². The van der Waals surface area contributed by atoms with Crippen molar-refractivity contribution in [3.8, 4) is 0 Å². The molecule has 2 saturated heterocycles. The van der Waals surface area contributed by atoms with Gasteiger partial charge < -0.3 is 54.3 Å². The largest absolute Gasteiger partial charge is 0.481 e. The van der Waals surface area contributed by atoms with Crippen LogP contribution in [0.25, 0.3) is 0 Å². The number of hydrogen-bond donors (Lipinski definition) is 6. The summed E-state index contributed by atoms with van der Waals surface area (Å²) in [4.78, 5) is 24.7. The number of rotatable bonds is 21. The molecule has 0 spiro atoms. The number of carbonyl (C=O) groups excluding carboxylic acids is 1. The molecule has 2 aliphatic rings. The highest BCUT2D eigenvalue weighted by Crippen LogP contribution is 2.36. The van der Waals surface area contributed by atoms with E-state index in [0.29, 0.717) is 19.3 Å². The molecule has 0 bridgehead atoms. The molecule has 2 fully saturated rings. The first kappa shape index (κ1) is 39.8. The maximum atomic E-state index is 13.2. The van der Waals surface area contributed by atoms with E-state index in [1.165, 1.54) is 6.92 Å². The molecule has 2 heterocycles. The lowest BCUT2D eigenvalue weighted by Crippen LogP contribution is -2.68. The van der Waals surface area contributed by atoms with Crippen molar-refractivity contribution in [1.29, 1.82) is 0 Å². The average molecular weight is 651 g/mol. The number of aliphatic carboxylic acids is 1. The standard InChI is InChI=1S/C32H58O13/c1-5-7-9-11-13-15-22(17-24(33)34)43-25(35)18-23(16-14-12-10-8-6-2)44-32(19-41-20(3)27(37)30(32)40)45-31-29(39)28(38)26(36)21(4)42-31/h20-23,26-31,36-40H,5-19H2,1-4H3,(H,33,34)/t20?,21?,22?,23-,26+,27+,28?,29?,30?,31+,32+/m1/s1. The number of aliphatic hydroxyl groups is 5. The average Bonchev–Trinajstić information content (AvgIpc) is 2.99. The number of unbranched alkanes of at least 4 members (excludes halogenated alkanes) is 8. The second-order valence-corrected chi connectivity index (χ2v) is 12.6. The molecule has 0 aliphatic carbocycles. The van der Waals surface area contributed by atoms with Crippen LogP contribution >= 0.6 is 0 Å². The van der Waals surface area contributed by atoms with Gasteiger partial charge in [0.1, 0.15) is 43.2 Å². The Morgan fingerprint density at radius 1 is 0.756 bits per heavy atom. The molecular weight excluding hydrogens is 592 g/mol. The highest BCUT2D eigenvalue weighted by Gasteiger charge is 2.56. The Morgan fingerprint density at radius 2 is 1.33 bits per heavy atom. The van der Waals surface area contributed by atoms with E-state index in [-0.39, 0.29) is 12.8 Å². The van der Waals surface area contributed by atoms with Crippen LogP contribution in [0.3, 0.4) is 0 Å². The molecule has 0 aromatic rings. The number of esters is 1. The Hall–Kier alpha value is -1.42. The van der Waals surface area contributed by atoms with Gasteiger partial charge in [0.25, 0.3) is 0 Å². The maximum absolute atomic E-state index is 13.2. The molecule has 6 N–H and O–H groups in total. The van der Waals surface area contributed by atoms with Gasteiger partial charge in [-0.2, -0.15) is 0 Å². The van der Waals surface area contributed by atoms with E-state index in [1.54, 1.807) is 6.92 Å². The number of carbonyl (C=O) groups is 2. The summed E-state index contributed by atoms with van der Waals surface area (Å²) in [6.45, 7) is 6.81. The Kier molecular flexibility index (Phi) is 17.7. The zero-order chi connectivity index (χ0) is 33.6. The van der Waals surface area contributed by atoms with Crippen molar-refractivity contribution in [1.82, 2.24) is 0 Å². The summed E-state index contributed by atoms with van der Waals surface area (Å²) in [5.74, 6) is -3.88. The molecule has 0 radical (unpaired) electrons. The Bertz CT molecular complexity index is 859. The summed E-state index contributed by atoms with van der Waals surface area (Å²) >= 11 is 0. The zero-order valence-electron chi connectivity index (χ0n) is 27.4. The summed E-state index contributed by atoms with van der Waals surface area (Å²) in [6.07, 6.45) is -3.51. The fraction of sp³-hybridized carbons (Fsp3) is 0.938. The first-order valence-corrected chi connectivity index (χ1v) is 16.8. The molecule has 0 amide bonds. The van der Waals surface area contributed by atoms with E-state index in [2.05, 4.69) is 13.8 Å². The highest BCUT2D eigenvalue weighted by atomic mass is 16.8. The minimum Gasteiger partial charge on any atom is -0.481 e. The predicted molar refractivity (Wildman–Crippen MR) is 162 cm³/mol. The topological polar surface area (TPSA) is 202 Å². The molecule has 0 saturated carbocycles. The number of carboxylic acids is 1. The van der Waals surface area contributed by atoms with E-state index in [1.807, 2.05) is 0 Å². The molecule has 13 nitrogen and oxygen atoms in total. The molecule has 11 atom stereocenters. The molecular formula is C32H58O13. The van der Waals surface area contributed by atoms with Crippen molar-refractivity contribution in [3.63, 3.8) is 0 Å². The Morgan fingerprint density at radius 3 is 1.91 bits per heavy atom. The van der Waals surface area contributed by atoms with Crippen LogP contribution in [0.2, 0.25) is 0 Å². The lowest BCUT2D eigenvalue weighted by Gasteiger charge is -2.49. The number of ether oxygens (including phenoxy) is 5. The van der Waals surface area contributed by atoms with Crippen LogP contribution in [-0.2, 0) is 33.3 Å². The van der Waals surface area contributed by atoms with Crippen molar-refractivity contribution in [2.24, 2.45) is 0 Å². The first-order valence-electron chi connectivity index (χ1n) is 16.8. The van der Waals surface area contributed by atoms with Gasteiger partial charge in [-0.15, -0.1) is 0 Å². The molecule has 0 aromatic carbocycles. The van der Waals surface area contributed by atoms with Crippen molar-refractivity contribution in [3.05, 3.63) is 0 Å². The number of aliphatic hydroxyl groups excluding tert-OH is 5. The lowest BCUT2D eigenvalue weighted by molar-refractivity contribution is -0.421. The van der Waals surface area contributed by atoms with Gasteiger partial charge in [0.2, 0.25) is 5.79 Å². The third-order valence-corrected chi connectivity index (χ3v) is 8.65. The Balaban J connectivity index is 2.26.